The average Bonchev–Trinajstić information content (AvgIpc) is 2.75. The number of nitrogens with zero attached hydrogens (tertiary/aromatic N) is 2. The molecule has 0 spiro atoms. The molecule has 0 aliphatic carbocycles. The summed E-state index contributed by atoms with van der Waals surface area (Å²) >= 11 is 0. The summed E-state index contributed by atoms with van der Waals surface area (Å²) in [6, 6.07) is 5.03. The molecule has 0 fully saturated rings. The number of amides is 1. The van der Waals surface area contributed by atoms with Gasteiger partial charge in [0.05, 0.1) is 6.04 Å². The SMILES string of the molecule is CN1c2c(nc(N)[nH]c2=O)NC[C@@H]1CNc1ccc(C(=O)NC(CCC(=O)O)C(=O)O)cc1.[CaH2]. The van der Waals surface area contributed by atoms with Crippen LogP contribution in [0.25, 0.3) is 0 Å². The third-order valence-corrected chi connectivity index (χ3v) is 5.26. The topological polar surface area (TPSA) is 203 Å². The fourth-order valence-corrected chi connectivity index (χ4v) is 3.42. The molecule has 1 amide bonds. The van der Waals surface area contributed by atoms with Crippen LogP contribution >= 0.6 is 0 Å². The number of nitrogens with one attached hydrogen (secondary N) is 4. The third-order valence-electron chi connectivity index (χ3n) is 5.26. The van der Waals surface area contributed by atoms with Gasteiger partial charge in [-0.2, -0.15) is 4.98 Å². The summed E-state index contributed by atoms with van der Waals surface area (Å²) in [4.78, 5) is 54.9. The Hall–Kier alpha value is -3.03. The van der Waals surface area contributed by atoms with Gasteiger partial charge in [-0.3, -0.25) is 19.4 Å². The van der Waals surface area contributed by atoms with Gasteiger partial charge in [0.2, 0.25) is 5.95 Å². The molecule has 180 valence electrons. The van der Waals surface area contributed by atoms with Crippen LogP contribution in [0.3, 0.4) is 0 Å². The number of likely N-dealkylation sites (N-methyl/N-ethyl adjacent to an activating group) is 1. The zero-order chi connectivity index (χ0) is 24.1. The fraction of sp³-hybridized carbons (Fsp3) is 0.350. The molecular formula is C20H27CaN7O6. The van der Waals surface area contributed by atoms with Crippen molar-refractivity contribution >= 4 is 78.7 Å². The Balaban J connectivity index is 0.00000408. The molecule has 34 heavy (non-hydrogen) atoms. The van der Waals surface area contributed by atoms with Gasteiger partial charge in [0.25, 0.3) is 11.5 Å². The van der Waals surface area contributed by atoms with E-state index < -0.39 is 23.9 Å². The van der Waals surface area contributed by atoms with E-state index in [1.165, 1.54) is 12.1 Å². The molecule has 2 atom stereocenters. The number of anilines is 4. The molecule has 2 aromatic rings. The number of aromatic nitrogens is 2. The number of rotatable bonds is 9. The molecule has 0 bridgehead atoms. The van der Waals surface area contributed by atoms with Crippen LogP contribution in [0.15, 0.2) is 29.1 Å². The van der Waals surface area contributed by atoms with Crippen molar-refractivity contribution in [2.45, 2.75) is 24.9 Å². The number of fused-ring (bicyclic) bond motifs is 1. The number of carbonyl (C=O) groups is 3. The van der Waals surface area contributed by atoms with Gasteiger partial charge in [-0.15, -0.1) is 0 Å². The first-order valence-corrected chi connectivity index (χ1v) is 10.1. The maximum absolute atomic E-state index is 12.3. The van der Waals surface area contributed by atoms with E-state index in [0.29, 0.717) is 24.6 Å². The van der Waals surface area contributed by atoms with Gasteiger partial charge in [0.1, 0.15) is 11.7 Å². The summed E-state index contributed by atoms with van der Waals surface area (Å²) in [5, 5.41) is 26.6. The second-order valence-electron chi connectivity index (χ2n) is 7.55. The number of carbonyl (C=O) groups excluding carboxylic acids is 1. The van der Waals surface area contributed by atoms with Crippen LogP contribution in [0.1, 0.15) is 23.2 Å². The number of benzene rings is 1. The van der Waals surface area contributed by atoms with Crippen LogP contribution in [0, 0.1) is 0 Å². The first-order valence-electron chi connectivity index (χ1n) is 10.1. The summed E-state index contributed by atoms with van der Waals surface area (Å²) < 4.78 is 0. The molecule has 13 nitrogen and oxygen atoms in total. The normalized spacial score (nSPS) is 15.2. The number of carboxylic acids is 2. The van der Waals surface area contributed by atoms with Crippen LogP contribution < -0.4 is 32.1 Å². The van der Waals surface area contributed by atoms with Crippen molar-refractivity contribution in [3.63, 3.8) is 0 Å². The maximum atomic E-state index is 12.3. The van der Waals surface area contributed by atoms with E-state index in [2.05, 4.69) is 25.9 Å². The summed E-state index contributed by atoms with van der Waals surface area (Å²) in [7, 11) is 1.79. The van der Waals surface area contributed by atoms with Gasteiger partial charge in [-0.1, -0.05) is 0 Å². The van der Waals surface area contributed by atoms with Crippen molar-refractivity contribution in [1.29, 1.82) is 0 Å². The molecule has 0 saturated heterocycles. The predicted octanol–water partition coefficient (Wildman–Crippen LogP) is -1.17. The van der Waals surface area contributed by atoms with Gasteiger partial charge in [-0.05, 0) is 30.7 Å². The molecule has 1 unspecified atom stereocenters. The monoisotopic (exact) mass is 501 g/mol. The van der Waals surface area contributed by atoms with Crippen molar-refractivity contribution in [2.75, 3.05) is 41.4 Å². The van der Waals surface area contributed by atoms with Gasteiger partial charge in [0, 0.05) is 37.8 Å². The first-order chi connectivity index (χ1) is 15.7. The van der Waals surface area contributed by atoms with E-state index in [1.807, 2.05) is 4.90 Å². The number of H-pyrrole nitrogens is 1. The summed E-state index contributed by atoms with van der Waals surface area (Å²) in [5.74, 6) is -2.59. The van der Waals surface area contributed by atoms with Gasteiger partial charge >= 0.3 is 49.7 Å². The minimum absolute atomic E-state index is 0. The van der Waals surface area contributed by atoms with Crippen LogP contribution in [0.4, 0.5) is 23.1 Å². The second kappa shape index (κ2) is 11.9. The Bertz CT molecular complexity index is 1110. The summed E-state index contributed by atoms with van der Waals surface area (Å²) in [6.45, 7) is 1.01. The van der Waals surface area contributed by atoms with Crippen molar-refractivity contribution in [3.05, 3.63) is 40.2 Å². The fourth-order valence-electron chi connectivity index (χ4n) is 3.42. The van der Waals surface area contributed by atoms with E-state index in [-0.39, 0.29) is 73.7 Å². The Kier molecular flexibility index (Phi) is 9.53. The van der Waals surface area contributed by atoms with Crippen LogP contribution in [-0.4, -0.2) is 108 Å². The first kappa shape index (κ1) is 27.2. The second-order valence-corrected chi connectivity index (χ2v) is 7.55. The number of hydrogen-bond donors (Lipinski definition) is 7. The van der Waals surface area contributed by atoms with E-state index >= 15 is 0 Å². The number of nitrogen functional groups attached to an aromatic ring is 1. The molecule has 0 radical (unpaired) electrons. The molecule has 1 aromatic heterocycles. The molecule has 1 aromatic carbocycles. The van der Waals surface area contributed by atoms with E-state index in [4.69, 9.17) is 10.8 Å². The number of hydrogen-bond acceptors (Lipinski definition) is 9. The van der Waals surface area contributed by atoms with E-state index in [9.17, 15) is 24.3 Å². The standard InChI is InChI=1S/C20H25N7O6.Ca.2H/c1-27-12(9-23-16-15(27)18(31)26-20(21)25-16)8-22-11-4-2-10(3-5-11)17(30)24-13(19(32)33)6-7-14(28)29;;;/h2-5,12-13,22H,6-9H2,1H3,(H,24,30)(H,28,29)(H,32,33)(H4,21,23,25,26,31);;;/t12-,13?;;;/m0.../s1. The summed E-state index contributed by atoms with van der Waals surface area (Å²) in [5.41, 5.74) is 6.59. The molecule has 3 rings (SSSR count). The Morgan fingerprint density at radius 1 is 1.26 bits per heavy atom. The quantitative estimate of drug-likeness (QED) is 0.204. The number of nitrogens with two attached hydrogens (primary N) is 1. The van der Waals surface area contributed by atoms with Crippen LogP contribution in [-0.2, 0) is 9.59 Å². The molecule has 14 heteroatoms. The number of aromatic amines is 1. The van der Waals surface area contributed by atoms with Gasteiger partial charge in [-0.25, -0.2) is 4.79 Å². The predicted molar refractivity (Wildman–Crippen MR) is 129 cm³/mol. The molecular weight excluding hydrogens is 474 g/mol. The zero-order valence-corrected chi connectivity index (χ0v) is 17.8. The molecule has 1 aliphatic rings. The Morgan fingerprint density at radius 2 is 1.94 bits per heavy atom. The third kappa shape index (κ3) is 6.74. The van der Waals surface area contributed by atoms with Crippen molar-refractivity contribution in [2.24, 2.45) is 0 Å². The number of aliphatic carboxylic acids is 2. The molecule has 0 saturated carbocycles. The minimum atomic E-state index is -1.30. The Morgan fingerprint density at radius 3 is 2.56 bits per heavy atom. The van der Waals surface area contributed by atoms with Gasteiger partial charge < -0.3 is 36.8 Å². The van der Waals surface area contributed by atoms with Crippen LogP contribution in [0.5, 0.6) is 0 Å². The molecule has 2 heterocycles. The molecule has 8 N–H and O–H groups in total. The molecule has 1 aliphatic heterocycles. The van der Waals surface area contributed by atoms with Crippen molar-refractivity contribution in [3.8, 4) is 0 Å². The van der Waals surface area contributed by atoms with Crippen molar-refractivity contribution in [1.82, 2.24) is 15.3 Å². The van der Waals surface area contributed by atoms with E-state index in [0.717, 1.165) is 5.69 Å². The number of carboxylic acid groups (broad SMARTS) is 2. The van der Waals surface area contributed by atoms with E-state index in [1.54, 1.807) is 19.2 Å². The van der Waals surface area contributed by atoms with Crippen LogP contribution in [0.2, 0.25) is 0 Å². The van der Waals surface area contributed by atoms with Gasteiger partial charge in [0.15, 0.2) is 5.82 Å². The summed E-state index contributed by atoms with van der Waals surface area (Å²) in [6.07, 6.45) is -0.586. The Labute approximate surface area is 224 Å². The van der Waals surface area contributed by atoms with Crippen molar-refractivity contribution < 1.29 is 24.6 Å². The average molecular weight is 502 g/mol. The zero-order valence-electron chi connectivity index (χ0n) is 17.8.